The molecule has 1 aliphatic carbocycles. The highest BCUT2D eigenvalue weighted by Crippen LogP contribution is 2.40. The predicted molar refractivity (Wildman–Crippen MR) is 55.8 cm³/mol. The van der Waals surface area contributed by atoms with Crippen molar-refractivity contribution in [1.82, 2.24) is 0 Å². The quantitative estimate of drug-likeness (QED) is 0.679. The fraction of sp³-hybridized carbons (Fsp3) is 1.00. The topological polar surface area (TPSA) is 9.23 Å². The Morgan fingerprint density at radius 1 is 1.25 bits per heavy atom. The zero-order valence-corrected chi connectivity index (χ0v) is 9.53. The number of hydrogen-bond donors (Lipinski definition) is 0. The van der Waals surface area contributed by atoms with E-state index >= 15 is 0 Å². The maximum absolute atomic E-state index is 5.15. The molecule has 0 aromatic carbocycles. The predicted octanol–water partition coefficient (Wildman–Crippen LogP) is 3.37. The first-order valence-electron chi connectivity index (χ1n) is 4.88. The van der Waals surface area contributed by atoms with Crippen LogP contribution in [0.15, 0.2) is 0 Å². The first-order chi connectivity index (χ1) is 5.83. The van der Waals surface area contributed by atoms with Crippen LogP contribution in [-0.4, -0.2) is 19.0 Å². The summed E-state index contributed by atoms with van der Waals surface area (Å²) in [5, 5.41) is 1.16. The molecule has 0 saturated heterocycles. The molecule has 12 heavy (non-hydrogen) atoms. The molecule has 0 radical (unpaired) electrons. The number of methoxy groups -OCH3 is 1. The maximum atomic E-state index is 5.15. The van der Waals surface area contributed by atoms with Gasteiger partial charge < -0.3 is 4.74 Å². The smallest absolute Gasteiger partial charge is 0.0467 e. The van der Waals surface area contributed by atoms with E-state index in [0.717, 1.165) is 11.9 Å². The van der Waals surface area contributed by atoms with Gasteiger partial charge in [-0.15, -0.1) is 0 Å². The van der Waals surface area contributed by atoms with Gasteiger partial charge in [-0.2, -0.15) is 0 Å². The summed E-state index contributed by atoms with van der Waals surface area (Å²) >= 11 is 3.64. The molecule has 2 heteroatoms. The number of hydrogen-bond acceptors (Lipinski definition) is 1. The Kier molecular flexibility index (Phi) is 4.59. The lowest BCUT2D eigenvalue weighted by Gasteiger charge is -2.35. The average Bonchev–Trinajstić information content (AvgIpc) is 2.16. The van der Waals surface area contributed by atoms with E-state index in [-0.39, 0.29) is 0 Å². The number of rotatable bonds is 4. The second-order valence-electron chi connectivity index (χ2n) is 3.94. The molecule has 0 amide bonds. The van der Waals surface area contributed by atoms with E-state index in [1.165, 1.54) is 38.5 Å². The summed E-state index contributed by atoms with van der Waals surface area (Å²) in [6.07, 6.45) is 8.27. The van der Waals surface area contributed by atoms with Crippen molar-refractivity contribution in [3.63, 3.8) is 0 Å². The van der Waals surface area contributed by atoms with E-state index in [1.54, 1.807) is 7.11 Å². The fourth-order valence-corrected chi connectivity index (χ4v) is 2.91. The van der Waals surface area contributed by atoms with Gasteiger partial charge in [-0.1, -0.05) is 35.2 Å². The van der Waals surface area contributed by atoms with Crippen LogP contribution < -0.4 is 0 Å². The standard InChI is InChI=1S/C10H19BrO/c1-12-8-7-10(9-11)5-3-2-4-6-10/h2-9H2,1H3. The highest BCUT2D eigenvalue weighted by Gasteiger charge is 2.30. The van der Waals surface area contributed by atoms with Crippen LogP contribution in [0.3, 0.4) is 0 Å². The molecular formula is C10H19BrO. The normalized spacial score (nSPS) is 22.5. The van der Waals surface area contributed by atoms with Crippen molar-refractivity contribution < 1.29 is 4.74 Å². The van der Waals surface area contributed by atoms with Gasteiger partial charge in [0.1, 0.15) is 0 Å². The van der Waals surface area contributed by atoms with Gasteiger partial charge in [0.05, 0.1) is 0 Å². The molecule has 0 aromatic rings. The van der Waals surface area contributed by atoms with Gasteiger partial charge in [-0.05, 0) is 24.7 Å². The van der Waals surface area contributed by atoms with E-state index in [9.17, 15) is 0 Å². The summed E-state index contributed by atoms with van der Waals surface area (Å²) in [6.45, 7) is 0.922. The van der Waals surface area contributed by atoms with Crippen LogP contribution in [0.1, 0.15) is 38.5 Å². The molecular weight excluding hydrogens is 216 g/mol. The highest BCUT2D eigenvalue weighted by atomic mass is 79.9. The van der Waals surface area contributed by atoms with Crippen LogP contribution in [0.2, 0.25) is 0 Å². The lowest BCUT2D eigenvalue weighted by Crippen LogP contribution is -2.27. The third kappa shape index (κ3) is 2.74. The lowest BCUT2D eigenvalue weighted by molar-refractivity contribution is 0.120. The molecule has 0 spiro atoms. The summed E-state index contributed by atoms with van der Waals surface area (Å²) < 4.78 is 5.15. The average molecular weight is 235 g/mol. The second-order valence-corrected chi connectivity index (χ2v) is 4.50. The summed E-state index contributed by atoms with van der Waals surface area (Å²) in [5.74, 6) is 0. The summed E-state index contributed by atoms with van der Waals surface area (Å²) in [5.41, 5.74) is 0.564. The van der Waals surface area contributed by atoms with Crippen LogP contribution in [-0.2, 0) is 4.74 Å². The van der Waals surface area contributed by atoms with Gasteiger partial charge in [0.2, 0.25) is 0 Å². The summed E-state index contributed by atoms with van der Waals surface area (Å²) in [4.78, 5) is 0. The number of ether oxygens (including phenoxy) is 1. The van der Waals surface area contributed by atoms with Crippen molar-refractivity contribution in [2.45, 2.75) is 38.5 Å². The molecule has 1 fully saturated rings. The molecule has 1 saturated carbocycles. The largest absolute Gasteiger partial charge is 0.385 e. The van der Waals surface area contributed by atoms with Gasteiger partial charge in [-0.25, -0.2) is 0 Å². The molecule has 1 aliphatic rings. The van der Waals surface area contributed by atoms with Crippen LogP contribution in [0.4, 0.5) is 0 Å². The van der Waals surface area contributed by atoms with E-state index in [4.69, 9.17) is 4.74 Å². The van der Waals surface area contributed by atoms with Crippen molar-refractivity contribution in [3.8, 4) is 0 Å². The van der Waals surface area contributed by atoms with Gasteiger partial charge in [0, 0.05) is 19.0 Å². The first kappa shape index (κ1) is 10.5. The Balaban J connectivity index is 2.37. The van der Waals surface area contributed by atoms with Crippen molar-refractivity contribution in [1.29, 1.82) is 0 Å². The first-order valence-corrected chi connectivity index (χ1v) is 6.00. The molecule has 0 heterocycles. The minimum Gasteiger partial charge on any atom is -0.385 e. The summed E-state index contributed by atoms with van der Waals surface area (Å²) in [6, 6.07) is 0. The van der Waals surface area contributed by atoms with Crippen molar-refractivity contribution >= 4 is 15.9 Å². The Morgan fingerprint density at radius 2 is 1.92 bits per heavy atom. The lowest BCUT2D eigenvalue weighted by atomic mass is 9.74. The fourth-order valence-electron chi connectivity index (χ4n) is 2.07. The molecule has 0 aromatic heterocycles. The zero-order chi connectivity index (χ0) is 8.86. The van der Waals surface area contributed by atoms with E-state index < -0.39 is 0 Å². The van der Waals surface area contributed by atoms with Crippen LogP contribution in [0.25, 0.3) is 0 Å². The number of alkyl halides is 1. The van der Waals surface area contributed by atoms with Crippen LogP contribution >= 0.6 is 15.9 Å². The van der Waals surface area contributed by atoms with Gasteiger partial charge in [0.25, 0.3) is 0 Å². The van der Waals surface area contributed by atoms with Crippen LogP contribution in [0.5, 0.6) is 0 Å². The Morgan fingerprint density at radius 3 is 2.42 bits per heavy atom. The molecule has 1 nitrogen and oxygen atoms in total. The molecule has 0 atom stereocenters. The van der Waals surface area contributed by atoms with E-state index in [1.807, 2.05) is 0 Å². The third-order valence-corrected chi connectivity index (χ3v) is 4.22. The minimum absolute atomic E-state index is 0.564. The molecule has 0 N–H and O–H groups in total. The second kappa shape index (κ2) is 5.23. The van der Waals surface area contributed by atoms with Crippen molar-refractivity contribution in [2.75, 3.05) is 19.0 Å². The SMILES string of the molecule is COCCC1(CBr)CCCCC1. The Hall–Kier alpha value is 0.440. The Labute approximate surface area is 84.0 Å². The molecule has 1 rings (SSSR count). The van der Waals surface area contributed by atoms with Gasteiger partial charge >= 0.3 is 0 Å². The molecule has 0 unspecified atom stereocenters. The van der Waals surface area contributed by atoms with Gasteiger partial charge in [0.15, 0.2) is 0 Å². The van der Waals surface area contributed by atoms with Crippen molar-refractivity contribution in [3.05, 3.63) is 0 Å². The van der Waals surface area contributed by atoms with Crippen LogP contribution in [0, 0.1) is 5.41 Å². The van der Waals surface area contributed by atoms with E-state index in [2.05, 4.69) is 15.9 Å². The van der Waals surface area contributed by atoms with E-state index in [0.29, 0.717) is 5.41 Å². The van der Waals surface area contributed by atoms with Gasteiger partial charge in [-0.3, -0.25) is 0 Å². The monoisotopic (exact) mass is 234 g/mol. The number of halogens is 1. The Bertz CT molecular complexity index is 119. The molecule has 0 bridgehead atoms. The molecule has 72 valence electrons. The summed E-state index contributed by atoms with van der Waals surface area (Å²) in [7, 11) is 1.80. The minimum atomic E-state index is 0.564. The molecule has 0 aliphatic heterocycles. The van der Waals surface area contributed by atoms with Crippen molar-refractivity contribution in [2.24, 2.45) is 5.41 Å². The zero-order valence-electron chi connectivity index (χ0n) is 7.94. The maximum Gasteiger partial charge on any atom is 0.0467 e. The third-order valence-electron chi connectivity index (χ3n) is 3.03. The highest BCUT2D eigenvalue weighted by molar-refractivity contribution is 9.09.